The summed E-state index contributed by atoms with van der Waals surface area (Å²) in [5.41, 5.74) is 1.23. The number of rotatable bonds is 7. The lowest BCUT2D eigenvalue weighted by Gasteiger charge is -2.17. The molecule has 0 aliphatic heterocycles. The number of carbonyl (C=O) groups is 3. The van der Waals surface area contributed by atoms with Crippen molar-refractivity contribution in [2.24, 2.45) is 0 Å². The van der Waals surface area contributed by atoms with Crippen LogP contribution >= 0.6 is 0 Å². The zero-order valence-corrected chi connectivity index (χ0v) is 14.9. The number of nitrogens with one attached hydrogen (secondary N) is 2. The van der Waals surface area contributed by atoms with Crippen molar-refractivity contribution < 1.29 is 23.5 Å². The Hall–Kier alpha value is -3.22. The highest BCUT2D eigenvalue weighted by atomic mass is 19.1. The maximum absolute atomic E-state index is 12.9. The Morgan fingerprint density at radius 3 is 2.33 bits per heavy atom. The fraction of sp³-hybridized carbons (Fsp3) is 0.250. The largest absolute Gasteiger partial charge is 0.447 e. The highest BCUT2D eigenvalue weighted by Gasteiger charge is 2.26. The fourth-order valence-corrected chi connectivity index (χ4v) is 2.37. The fourth-order valence-electron chi connectivity index (χ4n) is 2.37. The number of esters is 1. The number of ether oxygens (including phenoxy) is 1. The van der Waals surface area contributed by atoms with Crippen molar-refractivity contribution in [3.05, 3.63) is 71.5 Å². The second kappa shape index (κ2) is 10.1. The Balaban J connectivity index is 2.02. The van der Waals surface area contributed by atoms with E-state index in [2.05, 4.69) is 10.6 Å². The molecule has 0 aliphatic rings. The van der Waals surface area contributed by atoms with Crippen LogP contribution in [-0.4, -0.2) is 24.5 Å². The van der Waals surface area contributed by atoms with Crippen LogP contribution < -0.4 is 10.6 Å². The molecular weight excluding hydrogens is 351 g/mol. The van der Waals surface area contributed by atoms with E-state index in [4.69, 9.17) is 4.74 Å². The zero-order chi connectivity index (χ0) is 19.6. The molecule has 0 heterocycles. The number of aryl methyl sites for hydroxylation is 1. The van der Waals surface area contributed by atoms with Crippen LogP contribution in [0, 0.1) is 5.82 Å². The highest BCUT2D eigenvalue weighted by molar-refractivity contribution is 5.97. The minimum atomic E-state index is -1.24. The van der Waals surface area contributed by atoms with Crippen molar-refractivity contribution >= 4 is 17.9 Å². The summed E-state index contributed by atoms with van der Waals surface area (Å²) in [6, 6.07) is 13.6. The summed E-state index contributed by atoms with van der Waals surface area (Å²) in [7, 11) is 0. The van der Waals surface area contributed by atoms with Crippen LogP contribution in [-0.2, 0) is 20.7 Å². The third kappa shape index (κ3) is 6.54. The Labute approximate surface area is 156 Å². The predicted octanol–water partition coefficient (Wildman–Crippen LogP) is 2.89. The molecule has 3 amide bonds. The van der Waals surface area contributed by atoms with E-state index in [0.717, 1.165) is 5.56 Å². The average Bonchev–Trinajstić information content (AvgIpc) is 2.66. The molecule has 0 saturated heterocycles. The van der Waals surface area contributed by atoms with E-state index in [1.54, 1.807) is 49.4 Å². The molecule has 2 aromatic rings. The average molecular weight is 372 g/mol. The molecule has 0 radical (unpaired) electrons. The third-order valence-electron chi connectivity index (χ3n) is 3.69. The van der Waals surface area contributed by atoms with Crippen LogP contribution in [0.4, 0.5) is 9.18 Å². The predicted molar refractivity (Wildman–Crippen MR) is 97.2 cm³/mol. The van der Waals surface area contributed by atoms with Gasteiger partial charge in [0.05, 0.1) is 0 Å². The maximum atomic E-state index is 12.9. The molecule has 2 rings (SSSR count). The Kier molecular flexibility index (Phi) is 7.49. The second-order valence-corrected chi connectivity index (χ2v) is 5.76. The van der Waals surface area contributed by atoms with E-state index in [1.165, 1.54) is 12.1 Å². The monoisotopic (exact) mass is 372 g/mol. The number of hydrogen-bond donors (Lipinski definition) is 2. The van der Waals surface area contributed by atoms with E-state index in [-0.39, 0.29) is 12.2 Å². The molecule has 0 aromatic heterocycles. The quantitative estimate of drug-likeness (QED) is 0.732. The van der Waals surface area contributed by atoms with Gasteiger partial charge in [-0.15, -0.1) is 0 Å². The Morgan fingerprint density at radius 2 is 1.70 bits per heavy atom. The van der Waals surface area contributed by atoms with Gasteiger partial charge >= 0.3 is 12.0 Å². The number of carbonyl (C=O) groups excluding carboxylic acids is 3. The minimum Gasteiger partial charge on any atom is -0.447 e. The van der Waals surface area contributed by atoms with Gasteiger partial charge in [0.1, 0.15) is 5.82 Å². The van der Waals surface area contributed by atoms with Crippen LogP contribution in [0.1, 0.15) is 30.6 Å². The smallest absolute Gasteiger partial charge is 0.321 e. The topological polar surface area (TPSA) is 84.5 Å². The first-order valence-electron chi connectivity index (χ1n) is 8.57. The van der Waals surface area contributed by atoms with Gasteiger partial charge in [0, 0.05) is 18.5 Å². The molecule has 2 aromatic carbocycles. The first-order valence-corrected chi connectivity index (χ1v) is 8.57. The van der Waals surface area contributed by atoms with Crippen molar-refractivity contribution in [2.75, 3.05) is 6.54 Å². The van der Waals surface area contributed by atoms with Gasteiger partial charge in [-0.2, -0.15) is 0 Å². The summed E-state index contributed by atoms with van der Waals surface area (Å²) < 4.78 is 18.2. The van der Waals surface area contributed by atoms with Crippen LogP contribution in [0.15, 0.2) is 54.6 Å². The highest BCUT2D eigenvalue weighted by Crippen LogP contribution is 2.19. The van der Waals surface area contributed by atoms with Gasteiger partial charge in [0.2, 0.25) is 6.10 Å². The van der Waals surface area contributed by atoms with Gasteiger partial charge in [0.25, 0.3) is 5.91 Å². The van der Waals surface area contributed by atoms with Crippen LogP contribution in [0.3, 0.4) is 0 Å². The first kappa shape index (κ1) is 20.1. The molecular formula is C20H21FN2O4. The molecule has 0 fully saturated rings. The lowest BCUT2D eigenvalue weighted by molar-refractivity contribution is -0.156. The van der Waals surface area contributed by atoms with Crippen LogP contribution in [0.25, 0.3) is 0 Å². The SMILES string of the molecule is CCNC(=O)NC(=O)[C@H](OC(=O)CCc1ccc(F)cc1)c1ccccc1. The van der Waals surface area contributed by atoms with Crippen molar-refractivity contribution in [1.29, 1.82) is 0 Å². The molecule has 0 saturated carbocycles. The van der Waals surface area contributed by atoms with E-state index in [0.29, 0.717) is 18.5 Å². The lowest BCUT2D eigenvalue weighted by Crippen LogP contribution is -2.42. The molecule has 0 spiro atoms. The van der Waals surface area contributed by atoms with E-state index < -0.39 is 24.0 Å². The zero-order valence-electron chi connectivity index (χ0n) is 14.9. The van der Waals surface area contributed by atoms with E-state index >= 15 is 0 Å². The molecule has 27 heavy (non-hydrogen) atoms. The second-order valence-electron chi connectivity index (χ2n) is 5.76. The summed E-state index contributed by atoms with van der Waals surface area (Å²) in [5, 5.41) is 4.60. The number of benzene rings is 2. The summed E-state index contributed by atoms with van der Waals surface area (Å²) in [4.78, 5) is 36.2. The molecule has 0 bridgehead atoms. The number of imide groups is 1. The standard InChI is InChI=1S/C20H21FN2O4/c1-2-22-20(26)23-19(25)18(15-6-4-3-5-7-15)27-17(24)13-10-14-8-11-16(21)12-9-14/h3-9,11-12,18H,2,10,13H2,1H3,(H2,22,23,25,26)/t18-/m1/s1. The van der Waals surface area contributed by atoms with Crippen molar-refractivity contribution in [3.8, 4) is 0 Å². The third-order valence-corrected chi connectivity index (χ3v) is 3.69. The molecule has 7 heteroatoms. The van der Waals surface area contributed by atoms with Gasteiger partial charge in [-0.25, -0.2) is 9.18 Å². The normalized spacial score (nSPS) is 11.3. The van der Waals surface area contributed by atoms with Gasteiger partial charge in [-0.3, -0.25) is 14.9 Å². The van der Waals surface area contributed by atoms with Gasteiger partial charge in [-0.05, 0) is 31.0 Å². The van der Waals surface area contributed by atoms with Crippen molar-refractivity contribution in [3.63, 3.8) is 0 Å². The van der Waals surface area contributed by atoms with Crippen LogP contribution in [0.2, 0.25) is 0 Å². The minimum absolute atomic E-state index is 0.0173. The molecule has 142 valence electrons. The van der Waals surface area contributed by atoms with Gasteiger partial charge in [-0.1, -0.05) is 42.5 Å². The van der Waals surface area contributed by atoms with Crippen LogP contribution in [0.5, 0.6) is 0 Å². The number of hydrogen-bond acceptors (Lipinski definition) is 4. The van der Waals surface area contributed by atoms with Crippen molar-refractivity contribution in [1.82, 2.24) is 10.6 Å². The van der Waals surface area contributed by atoms with Crippen molar-refractivity contribution in [2.45, 2.75) is 25.9 Å². The Morgan fingerprint density at radius 1 is 1.04 bits per heavy atom. The lowest BCUT2D eigenvalue weighted by atomic mass is 10.1. The maximum Gasteiger partial charge on any atom is 0.321 e. The van der Waals surface area contributed by atoms with E-state index in [1.807, 2.05) is 0 Å². The number of urea groups is 1. The first-order chi connectivity index (χ1) is 13.0. The Bertz CT molecular complexity index is 778. The number of amides is 3. The van der Waals surface area contributed by atoms with Gasteiger partial charge < -0.3 is 10.1 Å². The summed E-state index contributed by atoms with van der Waals surface area (Å²) in [6.07, 6.45) is -0.878. The number of halogens is 1. The summed E-state index contributed by atoms with van der Waals surface area (Å²) in [5.74, 6) is -1.69. The van der Waals surface area contributed by atoms with Gasteiger partial charge in [0.15, 0.2) is 0 Å². The summed E-state index contributed by atoms with van der Waals surface area (Å²) in [6.45, 7) is 2.07. The van der Waals surface area contributed by atoms with E-state index in [9.17, 15) is 18.8 Å². The summed E-state index contributed by atoms with van der Waals surface area (Å²) >= 11 is 0. The molecule has 1 atom stereocenters. The molecule has 6 nitrogen and oxygen atoms in total. The molecule has 0 aliphatic carbocycles. The molecule has 2 N–H and O–H groups in total. The molecule has 0 unspecified atom stereocenters.